The number of carboxylic acid groups (broad SMARTS) is 1. The van der Waals surface area contributed by atoms with Crippen molar-refractivity contribution >= 4 is 17.7 Å². The Morgan fingerprint density at radius 1 is 1.11 bits per heavy atom. The minimum Gasteiger partial charge on any atom is -0.465 e. The van der Waals surface area contributed by atoms with Crippen molar-refractivity contribution in [2.45, 2.75) is 19.5 Å². The number of piperazine rings is 1. The summed E-state index contributed by atoms with van der Waals surface area (Å²) < 4.78 is 18.9. The molecule has 2 aromatic carbocycles. The predicted molar refractivity (Wildman–Crippen MR) is 129 cm³/mol. The van der Waals surface area contributed by atoms with Crippen molar-refractivity contribution in [3.8, 4) is 11.5 Å². The Balaban J connectivity index is 1.34. The van der Waals surface area contributed by atoms with Crippen LogP contribution in [0.2, 0.25) is 0 Å². The van der Waals surface area contributed by atoms with E-state index in [2.05, 4.69) is 9.88 Å². The minimum absolute atomic E-state index is 0.0533. The van der Waals surface area contributed by atoms with Crippen LogP contribution >= 0.6 is 0 Å². The van der Waals surface area contributed by atoms with Crippen LogP contribution < -0.4 is 9.64 Å². The first-order valence-electron chi connectivity index (χ1n) is 11.3. The highest BCUT2D eigenvalue weighted by molar-refractivity contribution is 6.04. The zero-order valence-electron chi connectivity index (χ0n) is 19.6. The van der Waals surface area contributed by atoms with Crippen molar-refractivity contribution in [1.82, 2.24) is 14.8 Å². The van der Waals surface area contributed by atoms with Gasteiger partial charge < -0.3 is 19.6 Å². The molecule has 2 amide bonds. The molecule has 1 aliphatic rings. The highest BCUT2D eigenvalue weighted by Gasteiger charge is 2.27. The molecule has 3 aromatic rings. The van der Waals surface area contributed by atoms with Crippen molar-refractivity contribution in [2.75, 3.05) is 31.6 Å². The van der Waals surface area contributed by atoms with Gasteiger partial charge in [-0.2, -0.15) is 0 Å². The van der Waals surface area contributed by atoms with Crippen LogP contribution in [0.4, 0.5) is 14.9 Å². The number of halogens is 1. The first kappa shape index (κ1) is 24.2. The number of pyridine rings is 1. The highest BCUT2D eigenvalue weighted by atomic mass is 19.1. The largest absolute Gasteiger partial charge is 0.465 e. The number of aromatic nitrogens is 1. The molecular formula is C26H27FN4O4. The Kier molecular flexibility index (Phi) is 7.26. The molecule has 1 aliphatic heterocycles. The normalized spacial score (nSPS) is 16.1. The molecule has 1 aromatic heterocycles. The standard InChI is InChI=1S/C26H27FN4O4/c1-18-16-30(12-13-31(18)26(33)34)17-19-6-8-21(9-7-19)29(2)25(32)24-11-10-23(15-28-24)35-22-5-3-4-20(27)14-22/h3-11,14-15,18H,12-13,16-17H2,1-2H3,(H,33,34)/t18-/m0/s1. The van der Waals surface area contributed by atoms with Crippen molar-refractivity contribution in [3.63, 3.8) is 0 Å². The van der Waals surface area contributed by atoms with Crippen molar-refractivity contribution < 1.29 is 23.8 Å². The van der Waals surface area contributed by atoms with Crippen LogP contribution in [0.25, 0.3) is 0 Å². The number of ether oxygens (including phenoxy) is 1. The van der Waals surface area contributed by atoms with Crippen LogP contribution in [0.1, 0.15) is 23.0 Å². The fourth-order valence-electron chi connectivity index (χ4n) is 4.07. The monoisotopic (exact) mass is 478 g/mol. The van der Waals surface area contributed by atoms with Crippen molar-refractivity contribution in [1.29, 1.82) is 0 Å². The van der Waals surface area contributed by atoms with E-state index in [4.69, 9.17) is 4.74 Å². The van der Waals surface area contributed by atoms with Crippen LogP contribution in [0.5, 0.6) is 11.5 Å². The summed E-state index contributed by atoms with van der Waals surface area (Å²) in [4.78, 5) is 33.6. The van der Waals surface area contributed by atoms with Gasteiger partial charge in [-0.05, 0) is 48.9 Å². The molecule has 0 aliphatic carbocycles. The third-order valence-corrected chi connectivity index (χ3v) is 5.98. The number of amides is 2. The smallest absolute Gasteiger partial charge is 0.407 e. The molecule has 2 heterocycles. The molecule has 8 nitrogen and oxygen atoms in total. The van der Waals surface area contributed by atoms with E-state index in [9.17, 15) is 19.1 Å². The lowest BCUT2D eigenvalue weighted by molar-refractivity contribution is 0.0711. The molecule has 4 rings (SSSR count). The second-order valence-electron chi connectivity index (χ2n) is 8.53. The summed E-state index contributed by atoms with van der Waals surface area (Å²) in [6, 6.07) is 16.6. The number of benzene rings is 2. The molecule has 0 saturated carbocycles. The molecule has 1 atom stereocenters. The second kappa shape index (κ2) is 10.5. The number of rotatable bonds is 6. The van der Waals surface area contributed by atoms with Gasteiger partial charge in [0.25, 0.3) is 5.91 Å². The van der Waals surface area contributed by atoms with Gasteiger partial charge in [0.1, 0.15) is 23.0 Å². The molecule has 1 saturated heterocycles. The summed E-state index contributed by atoms with van der Waals surface area (Å²) in [5.41, 5.74) is 2.07. The van der Waals surface area contributed by atoms with Crippen LogP contribution in [-0.4, -0.2) is 64.6 Å². The third kappa shape index (κ3) is 5.93. The van der Waals surface area contributed by atoms with Crippen LogP contribution in [0.3, 0.4) is 0 Å². The number of nitrogens with zero attached hydrogens (tertiary/aromatic N) is 4. The second-order valence-corrected chi connectivity index (χ2v) is 8.53. The van der Waals surface area contributed by atoms with Crippen molar-refractivity contribution in [2.24, 2.45) is 0 Å². The van der Waals surface area contributed by atoms with E-state index in [1.54, 1.807) is 31.3 Å². The van der Waals surface area contributed by atoms with Gasteiger partial charge in [-0.1, -0.05) is 18.2 Å². The number of carbonyl (C=O) groups excluding carboxylic acids is 1. The Bertz CT molecular complexity index is 1190. The Hall–Kier alpha value is -3.98. The number of hydrogen-bond acceptors (Lipinski definition) is 5. The van der Waals surface area contributed by atoms with E-state index in [1.165, 1.54) is 28.1 Å². The molecular weight excluding hydrogens is 451 g/mol. The maximum Gasteiger partial charge on any atom is 0.407 e. The lowest BCUT2D eigenvalue weighted by atomic mass is 10.1. The summed E-state index contributed by atoms with van der Waals surface area (Å²) in [7, 11) is 1.68. The summed E-state index contributed by atoms with van der Waals surface area (Å²) >= 11 is 0. The van der Waals surface area contributed by atoms with E-state index >= 15 is 0 Å². The molecule has 0 unspecified atom stereocenters. The third-order valence-electron chi connectivity index (χ3n) is 5.98. The lowest BCUT2D eigenvalue weighted by Gasteiger charge is -2.38. The molecule has 182 valence electrons. The van der Waals surface area contributed by atoms with E-state index in [-0.39, 0.29) is 17.6 Å². The van der Waals surface area contributed by atoms with Gasteiger partial charge in [0.15, 0.2) is 0 Å². The maximum absolute atomic E-state index is 13.3. The fourth-order valence-corrected chi connectivity index (χ4v) is 4.07. The maximum atomic E-state index is 13.3. The zero-order chi connectivity index (χ0) is 24.9. The molecule has 35 heavy (non-hydrogen) atoms. The summed E-state index contributed by atoms with van der Waals surface area (Å²) in [5, 5.41) is 9.23. The van der Waals surface area contributed by atoms with Gasteiger partial charge in [-0.15, -0.1) is 0 Å². The van der Waals surface area contributed by atoms with E-state index in [0.717, 1.165) is 11.3 Å². The number of hydrogen-bond donors (Lipinski definition) is 1. The van der Waals surface area contributed by atoms with E-state index in [1.807, 2.05) is 31.2 Å². The van der Waals surface area contributed by atoms with Gasteiger partial charge in [-0.3, -0.25) is 9.69 Å². The average molecular weight is 479 g/mol. The topological polar surface area (TPSA) is 86.2 Å². The van der Waals surface area contributed by atoms with Gasteiger partial charge >= 0.3 is 6.09 Å². The van der Waals surface area contributed by atoms with Gasteiger partial charge in [-0.25, -0.2) is 14.2 Å². The number of carbonyl (C=O) groups is 2. The quantitative estimate of drug-likeness (QED) is 0.563. The zero-order valence-corrected chi connectivity index (χ0v) is 19.6. The molecule has 0 radical (unpaired) electrons. The summed E-state index contributed by atoms with van der Waals surface area (Å²) in [6.45, 7) is 4.48. The van der Waals surface area contributed by atoms with E-state index < -0.39 is 11.9 Å². The van der Waals surface area contributed by atoms with E-state index in [0.29, 0.717) is 37.7 Å². The van der Waals surface area contributed by atoms with Gasteiger partial charge in [0.05, 0.1) is 6.20 Å². The average Bonchev–Trinajstić information content (AvgIpc) is 2.84. The molecule has 1 fully saturated rings. The van der Waals surface area contributed by atoms with Gasteiger partial charge in [0.2, 0.25) is 0 Å². The Morgan fingerprint density at radius 3 is 2.51 bits per heavy atom. The van der Waals surface area contributed by atoms with Crippen LogP contribution in [0.15, 0.2) is 66.9 Å². The van der Waals surface area contributed by atoms with Crippen LogP contribution in [0, 0.1) is 5.82 Å². The predicted octanol–water partition coefficient (Wildman–Crippen LogP) is 4.47. The molecule has 1 N–H and O–H groups in total. The first-order chi connectivity index (χ1) is 16.8. The lowest BCUT2D eigenvalue weighted by Crippen LogP contribution is -2.53. The SMILES string of the molecule is C[C@H]1CN(Cc2ccc(N(C)C(=O)c3ccc(Oc4cccc(F)c4)cn3)cc2)CCN1C(=O)O. The molecule has 9 heteroatoms. The molecule has 0 bridgehead atoms. The van der Waals surface area contributed by atoms with Gasteiger partial charge in [0, 0.05) is 51.0 Å². The Labute approximate surface area is 203 Å². The minimum atomic E-state index is -0.877. The first-order valence-corrected chi connectivity index (χ1v) is 11.3. The fraction of sp³-hybridized carbons (Fsp3) is 0.269. The van der Waals surface area contributed by atoms with Crippen molar-refractivity contribution in [3.05, 3.63) is 83.9 Å². The summed E-state index contributed by atoms with van der Waals surface area (Å²) in [6.07, 6.45) is 0.553. The molecule has 0 spiro atoms. The Morgan fingerprint density at radius 2 is 1.89 bits per heavy atom. The highest BCUT2D eigenvalue weighted by Crippen LogP contribution is 2.23. The number of anilines is 1. The van der Waals surface area contributed by atoms with Crippen LogP contribution in [-0.2, 0) is 6.54 Å². The summed E-state index contributed by atoms with van der Waals surface area (Å²) in [5.74, 6) is 0.0814.